The fourth-order valence-corrected chi connectivity index (χ4v) is 2.01. The Kier molecular flexibility index (Phi) is 3.76. The third-order valence-electron chi connectivity index (χ3n) is 2.94. The Morgan fingerprint density at radius 1 is 0.812 bits per heavy atom. The molecule has 2 aromatic carbocycles. The van der Waals surface area contributed by atoms with Crippen LogP contribution in [0.1, 0.15) is 23.5 Å². The van der Waals surface area contributed by atoms with Crippen LogP contribution in [0.5, 0.6) is 0 Å². The molecule has 0 bridgehead atoms. The minimum Gasteiger partial charge on any atom is -0.0622 e. The largest absolute Gasteiger partial charge is 0.0622 e. The molecular weight excluding hydrogens is 192 g/mol. The Labute approximate surface area is 97.9 Å². The Hall–Kier alpha value is -1.56. The summed E-state index contributed by atoms with van der Waals surface area (Å²) < 4.78 is 0. The van der Waals surface area contributed by atoms with Crippen molar-refractivity contribution in [2.24, 2.45) is 0 Å². The first kappa shape index (κ1) is 10.9. The lowest BCUT2D eigenvalue weighted by Crippen LogP contribution is -2.01. The average molecular weight is 209 g/mol. The smallest absolute Gasteiger partial charge is 0.0121 e. The van der Waals surface area contributed by atoms with Crippen LogP contribution in [0.2, 0.25) is 0 Å². The van der Waals surface area contributed by atoms with E-state index in [-0.39, 0.29) is 0 Å². The monoisotopic (exact) mass is 209 g/mol. The quantitative estimate of drug-likeness (QED) is 0.706. The minimum absolute atomic E-state index is 0.531. The molecule has 2 rings (SSSR count). The fraction of sp³-hybridized carbons (Fsp3) is 0.188. The van der Waals surface area contributed by atoms with Gasteiger partial charge in [0, 0.05) is 0 Å². The normalized spacial score (nSPS) is 12.3. The Bertz CT molecular complexity index is 403. The van der Waals surface area contributed by atoms with E-state index in [9.17, 15) is 0 Å². The Morgan fingerprint density at radius 2 is 1.38 bits per heavy atom. The summed E-state index contributed by atoms with van der Waals surface area (Å²) in [5.41, 5.74) is 2.78. The summed E-state index contributed by atoms with van der Waals surface area (Å²) in [7, 11) is 0. The lowest BCUT2D eigenvalue weighted by atomic mass is 9.90. The van der Waals surface area contributed by atoms with Gasteiger partial charge in [-0.25, -0.2) is 0 Å². The van der Waals surface area contributed by atoms with Crippen molar-refractivity contribution in [3.05, 3.63) is 78.7 Å². The second kappa shape index (κ2) is 5.50. The standard InChI is InChI=1S/C16H17/c1-2-15(16-11-7-4-8-12-16)13-14-9-5-3-6-10-14/h3-12,15H,1-2,13H2. The number of hydrogen-bond acceptors (Lipinski definition) is 0. The van der Waals surface area contributed by atoms with Gasteiger partial charge in [-0.15, -0.1) is 0 Å². The lowest BCUT2D eigenvalue weighted by Gasteiger charge is -2.15. The molecule has 1 radical (unpaired) electrons. The van der Waals surface area contributed by atoms with Gasteiger partial charge in [-0.3, -0.25) is 0 Å². The molecule has 0 saturated carbocycles. The van der Waals surface area contributed by atoms with E-state index in [4.69, 9.17) is 0 Å². The molecule has 0 fully saturated rings. The maximum absolute atomic E-state index is 4.06. The molecule has 0 aliphatic rings. The first-order chi connectivity index (χ1) is 7.90. The third kappa shape index (κ3) is 2.73. The number of rotatable bonds is 4. The first-order valence-electron chi connectivity index (χ1n) is 5.78. The van der Waals surface area contributed by atoms with E-state index in [1.54, 1.807) is 0 Å². The molecule has 0 heteroatoms. The molecule has 2 aromatic rings. The van der Waals surface area contributed by atoms with Crippen LogP contribution >= 0.6 is 0 Å². The summed E-state index contributed by atoms with van der Waals surface area (Å²) in [6.45, 7) is 4.06. The highest BCUT2D eigenvalue weighted by Gasteiger charge is 2.09. The molecule has 0 aliphatic heterocycles. The molecule has 0 aromatic heterocycles. The van der Waals surface area contributed by atoms with E-state index in [1.165, 1.54) is 11.1 Å². The maximum atomic E-state index is 4.06. The van der Waals surface area contributed by atoms with E-state index in [2.05, 4.69) is 67.6 Å². The molecular formula is C16H17. The van der Waals surface area contributed by atoms with Gasteiger partial charge in [-0.2, -0.15) is 0 Å². The summed E-state index contributed by atoms with van der Waals surface area (Å²) in [4.78, 5) is 0. The summed E-state index contributed by atoms with van der Waals surface area (Å²) in [6.07, 6.45) is 2.02. The average Bonchev–Trinajstić information content (AvgIpc) is 2.38. The zero-order valence-corrected chi connectivity index (χ0v) is 9.47. The third-order valence-corrected chi connectivity index (χ3v) is 2.94. The van der Waals surface area contributed by atoms with Gasteiger partial charge < -0.3 is 0 Å². The van der Waals surface area contributed by atoms with Crippen LogP contribution in [0.25, 0.3) is 0 Å². The van der Waals surface area contributed by atoms with Gasteiger partial charge in [0.2, 0.25) is 0 Å². The van der Waals surface area contributed by atoms with Gasteiger partial charge in [0.05, 0.1) is 0 Å². The highest BCUT2D eigenvalue weighted by molar-refractivity contribution is 5.24. The van der Waals surface area contributed by atoms with E-state index >= 15 is 0 Å². The summed E-state index contributed by atoms with van der Waals surface area (Å²) in [5.74, 6) is 0.531. The maximum Gasteiger partial charge on any atom is -0.0121 e. The van der Waals surface area contributed by atoms with Crippen LogP contribution in [0.4, 0.5) is 0 Å². The van der Waals surface area contributed by atoms with Crippen LogP contribution in [0, 0.1) is 6.92 Å². The topological polar surface area (TPSA) is 0 Å². The molecule has 81 valence electrons. The zero-order chi connectivity index (χ0) is 11.2. The van der Waals surface area contributed by atoms with Crippen molar-refractivity contribution in [3.63, 3.8) is 0 Å². The Balaban J connectivity index is 2.13. The lowest BCUT2D eigenvalue weighted by molar-refractivity contribution is 0.693. The second-order valence-corrected chi connectivity index (χ2v) is 4.09. The van der Waals surface area contributed by atoms with Gasteiger partial charge in [-0.05, 0) is 29.9 Å². The van der Waals surface area contributed by atoms with E-state index in [0.29, 0.717) is 5.92 Å². The molecule has 1 unspecified atom stereocenters. The predicted molar refractivity (Wildman–Crippen MR) is 69.3 cm³/mol. The molecule has 16 heavy (non-hydrogen) atoms. The minimum atomic E-state index is 0.531. The SMILES string of the molecule is [CH2]CC(Cc1ccccc1)c1ccccc1. The van der Waals surface area contributed by atoms with Crippen molar-refractivity contribution in [1.82, 2.24) is 0 Å². The van der Waals surface area contributed by atoms with Crippen LogP contribution in [0.15, 0.2) is 60.7 Å². The van der Waals surface area contributed by atoms with Crippen molar-refractivity contribution < 1.29 is 0 Å². The van der Waals surface area contributed by atoms with Gasteiger partial charge in [-0.1, -0.05) is 67.6 Å². The van der Waals surface area contributed by atoms with E-state index in [0.717, 1.165) is 12.8 Å². The van der Waals surface area contributed by atoms with Crippen molar-refractivity contribution in [1.29, 1.82) is 0 Å². The summed E-state index contributed by atoms with van der Waals surface area (Å²) in [5, 5.41) is 0. The van der Waals surface area contributed by atoms with Crippen molar-refractivity contribution in [2.75, 3.05) is 0 Å². The highest BCUT2D eigenvalue weighted by Crippen LogP contribution is 2.23. The molecule has 1 atom stereocenters. The number of hydrogen-bond donors (Lipinski definition) is 0. The molecule has 0 nitrogen and oxygen atoms in total. The zero-order valence-electron chi connectivity index (χ0n) is 9.47. The van der Waals surface area contributed by atoms with Gasteiger partial charge in [0.15, 0.2) is 0 Å². The Morgan fingerprint density at radius 3 is 1.94 bits per heavy atom. The molecule has 0 spiro atoms. The van der Waals surface area contributed by atoms with Gasteiger partial charge >= 0.3 is 0 Å². The second-order valence-electron chi connectivity index (χ2n) is 4.09. The van der Waals surface area contributed by atoms with Crippen LogP contribution in [0.3, 0.4) is 0 Å². The molecule has 0 N–H and O–H groups in total. The number of benzene rings is 2. The first-order valence-corrected chi connectivity index (χ1v) is 5.78. The van der Waals surface area contributed by atoms with Crippen molar-refractivity contribution in [2.45, 2.75) is 18.8 Å². The van der Waals surface area contributed by atoms with Gasteiger partial charge in [0.25, 0.3) is 0 Å². The van der Waals surface area contributed by atoms with Crippen LogP contribution < -0.4 is 0 Å². The summed E-state index contributed by atoms with van der Waals surface area (Å²) >= 11 is 0. The van der Waals surface area contributed by atoms with E-state index in [1.807, 2.05) is 0 Å². The molecule has 0 saturated heterocycles. The van der Waals surface area contributed by atoms with Gasteiger partial charge in [0.1, 0.15) is 0 Å². The molecule has 0 heterocycles. The fourth-order valence-electron chi connectivity index (χ4n) is 2.01. The molecule has 0 amide bonds. The van der Waals surface area contributed by atoms with E-state index < -0.39 is 0 Å². The highest BCUT2D eigenvalue weighted by atomic mass is 14.1. The van der Waals surface area contributed by atoms with Crippen LogP contribution in [-0.4, -0.2) is 0 Å². The van der Waals surface area contributed by atoms with Crippen LogP contribution in [-0.2, 0) is 6.42 Å². The molecule has 0 aliphatic carbocycles. The summed E-state index contributed by atoms with van der Waals surface area (Å²) in [6, 6.07) is 21.3. The predicted octanol–water partition coefficient (Wildman–Crippen LogP) is 4.24. The van der Waals surface area contributed by atoms with Crippen molar-refractivity contribution in [3.8, 4) is 0 Å². The van der Waals surface area contributed by atoms with Crippen molar-refractivity contribution >= 4 is 0 Å².